The topological polar surface area (TPSA) is 50.1 Å². The highest BCUT2D eigenvalue weighted by Gasteiger charge is 2.30. The monoisotopic (exact) mass is 247 g/mol. The Balaban J connectivity index is 4.34. The van der Waals surface area contributed by atoms with Crippen molar-refractivity contribution in [2.75, 3.05) is 18.6 Å². The Kier molecular flexibility index (Phi) is 7.71. The second-order valence-electron chi connectivity index (χ2n) is 2.81. The van der Waals surface area contributed by atoms with Crippen LogP contribution in [-0.4, -0.2) is 28.7 Å². The first-order valence-corrected chi connectivity index (χ1v) is 6.87. The molecule has 0 fully saturated rings. The van der Waals surface area contributed by atoms with Crippen LogP contribution in [0.15, 0.2) is 0 Å². The summed E-state index contributed by atoms with van der Waals surface area (Å²) < 4.78 is 4.09. The molecule has 0 aliphatic rings. The van der Waals surface area contributed by atoms with Gasteiger partial charge in [0, 0.05) is 6.42 Å². The molecule has 0 atom stereocenters. The molecule has 0 heterocycles. The third-order valence-electron chi connectivity index (χ3n) is 1.81. The highest BCUT2D eigenvalue weighted by molar-refractivity contribution is 8.18. The lowest BCUT2D eigenvalue weighted by atomic mass is 10.2. The quantitative estimate of drug-likeness (QED) is 0.511. The summed E-state index contributed by atoms with van der Waals surface area (Å²) in [6.45, 7) is 4.04. The number of carbonyl (C=O) groups is 1. The zero-order chi connectivity index (χ0) is 11.7. The number of nitrogens with zero attached hydrogens (tertiary/aromatic N) is 1. The standard InChI is InChI=1S/C10H17NO2S2/c1-4-14-10(8-11,15-5-2)7-6-9(12)13-3/h4-7H2,1-3H3. The van der Waals surface area contributed by atoms with Gasteiger partial charge < -0.3 is 4.74 Å². The molecule has 0 bridgehead atoms. The predicted octanol–water partition coefficient (Wildman–Crippen LogP) is 2.67. The van der Waals surface area contributed by atoms with Crippen LogP contribution in [0.4, 0.5) is 0 Å². The largest absolute Gasteiger partial charge is 0.469 e. The minimum Gasteiger partial charge on any atom is -0.469 e. The van der Waals surface area contributed by atoms with Crippen LogP contribution in [-0.2, 0) is 9.53 Å². The molecule has 0 radical (unpaired) electrons. The molecule has 0 aliphatic carbocycles. The molecule has 5 heteroatoms. The molecule has 0 saturated carbocycles. The van der Waals surface area contributed by atoms with Crippen LogP contribution < -0.4 is 0 Å². The summed E-state index contributed by atoms with van der Waals surface area (Å²) in [5.41, 5.74) is 0. The van der Waals surface area contributed by atoms with Gasteiger partial charge in [0.2, 0.25) is 0 Å². The maximum absolute atomic E-state index is 11.0. The first-order valence-electron chi connectivity index (χ1n) is 4.90. The molecule has 15 heavy (non-hydrogen) atoms. The van der Waals surface area contributed by atoms with E-state index in [9.17, 15) is 10.1 Å². The van der Waals surface area contributed by atoms with Crippen molar-refractivity contribution < 1.29 is 9.53 Å². The summed E-state index contributed by atoms with van der Waals surface area (Å²) >= 11 is 3.19. The number of rotatable bonds is 7. The molecular formula is C10H17NO2S2. The van der Waals surface area contributed by atoms with Gasteiger partial charge in [-0.3, -0.25) is 4.79 Å². The smallest absolute Gasteiger partial charge is 0.305 e. The molecule has 0 amide bonds. The van der Waals surface area contributed by atoms with Crippen LogP contribution >= 0.6 is 23.5 Å². The van der Waals surface area contributed by atoms with E-state index in [0.29, 0.717) is 12.8 Å². The first kappa shape index (κ1) is 14.7. The summed E-state index contributed by atoms with van der Waals surface area (Å²) in [6.07, 6.45) is 0.858. The van der Waals surface area contributed by atoms with Crippen molar-refractivity contribution in [2.24, 2.45) is 0 Å². The van der Waals surface area contributed by atoms with Gasteiger partial charge in [-0.1, -0.05) is 13.8 Å². The number of nitriles is 1. The fourth-order valence-corrected chi connectivity index (χ4v) is 3.74. The molecule has 0 saturated heterocycles. The van der Waals surface area contributed by atoms with Gasteiger partial charge in [-0.15, -0.1) is 23.5 Å². The minimum absolute atomic E-state index is 0.247. The Morgan fingerprint density at radius 2 is 1.93 bits per heavy atom. The van der Waals surface area contributed by atoms with Crippen molar-refractivity contribution in [3.63, 3.8) is 0 Å². The van der Waals surface area contributed by atoms with Crippen LogP contribution in [0, 0.1) is 11.3 Å². The number of carbonyl (C=O) groups excluding carboxylic acids is 1. The molecule has 0 aromatic rings. The average molecular weight is 247 g/mol. The second kappa shape index (κ2) is 7.89. The van der Waals surface area contributed by atoms with E-state index < -0.39 is 4.08 Å². The van der Waals surface area contributed by atoms with Crippen LogP contribution in [0.3, 0.4) is 0 Å². The molecule has 86 valence electrons. The number of hydrogen-bond acceptors (Lipinski definition) is 5. The van der Waals surface area contributed by atoms with Crippen molar-refractivity contribution in [3.05, 3.63) is 0 Å². The van der Waals surface area contributed by atoms with E-state index in [4.69, 9.17) is 0 Å². The maximum atomic E-state index is 11.0. The summed E-state index contributed by atoms with van der Waals surface area (Å²) in [6, 6.07) is 2.32. The van der Waals surface area contributed by atoms with Gasteiger partial charge in [-0.05, 0) is 17.9 Å². The van der Waals surface area contributed by atoms with Crippen LogP contribution in [0.1, 0.15) is 26.7 Å². The third kappa shape index (κ3) is 5.33. The molecule has 0 spiro atoms. The van der Waals surface area contributed by atoms with Crippen molar-refractivity contribution >= 4 is 29.5 Å². The number of thioether (sulfide) groups is 2. The van der Waals surface area contributed by atoms with E-state index in [2.05, 4.69) is 10.8 Å². The van der Waals surface area contributed by atoms with Gasteiger partial charge >= 0.3 is 5.97 Å². The molecule has 0 aromatic heterocycles. The highest BCUT2D eigenvalue weighted by atomic mass is 32.2. The summed E-state index contributed by atoms with van der Waals surface area (Å²) in [4.78, 5) is 11.0. The molecule has 0 unspecified atom stereocenters. The third-order valence-corrected chi connectivity index (χ3v) is 4.62. The first-order chi connectivity index (χ1) is 7.14. The fourth-order valence-electron chi connectivity index (χ4n) is 1.14. The Morgan fingerprint density at radius 1 is 1.40 bits per heavy atom. The lowest BCUT2D eigenvalue weighted by Crippen LogP contribution is -2.20. The number of hydrogen-bond donors (Lipinski definition) is 0. The lowest BCUT2D eigenvalue weighted by Gasteiger charge is -2.23. The van der Waals surface area contributed by atoms with Gasteiger partial charge in [0.05, 0.1) is 13.2 Å². The molecule has 0 aliphatic heterocycles. The van der Waals surface area contributed by atoms with Crippen molar-refractivity contribution in [1.29, 1.82) is 5.26 Å². The molecule has 3 nitrogen and oxygen atoms in total. The van der Waals surface area contributed by atoms with Crippen LogP contribution in [0.25, 0.3) is 0 Å². The van der Waals surface area contributed by atoms with Gasteiger partial charge in [-0.25, -0.2) is 0 Å². The van der Waals surface area contributed by atoms with Gasteiger partial charge in [-0.2, -0.15) is 5.26 Å². The van der Waals surface area contributed by atoms with E-state index >= 15 is 0 Å². The van der Waals surface area contributed by atoms with Gasteiger partial charge in [0.1, 0.15) is 4.08 Å². The zero-order valence-corrected chi connectivity index (χ0v) is 11.0. The minimum atomic E-state index is -0.488. The Morgan fingerprint density at radius 3 is 2.27 bits per heavy atom. The zero-order valence-electron chi connectivity index (χ0n) is 9.41. The summed E-state index contributed by atoms with van der Waals surface area (Å²) in [7, 11) is 1.37. The van der Waals surface area contributed by atoms with Crippen molar-refractivity contribution in [1.82, 2.24) is 0 Å². The van der Waals surface area contributed by atoms with Crippen molar-refractivity contribution in [2.45, 2.75) is 30.8 Å². The molecule has 0 N–H and O–H groups in total. The summed E-state index contributed by atoms with van der Waals surface area (Å²) in [5, 5.41) is 9.18. The van der Waals surface area contributed by atoms with E-state index in [0.717, 1.165) is 11.5 Å². The SMILES string of the molecule is CCSC(C#N)(CCC(=O)OC)SCC. The van der Waals surface area contributed by atoms with Gasteiger partial charge in [0.15, 0.2) is 0 Å². The van der Waals surface area contributed by atoms with Gasteiger partial charge in [0.25, 0.3) is 0 Å². The Labute approximate surface area is 99.9 Å². The van der Waals surface area contributed by atoms with E-state index in [1.165, 1.54) is 7.11 Å². The average Bonchev–Trinajstić information content (AvgIpc) is 2.26. The van der Waals surface area contributed by atoms with E-state index in [1.54, 1.807) is 23.5 Å². The lowest BCUT2D eigenvalue weighted by molar-refractivity contribution is -0.140. The molecular weight excluding hydrogens is 230 g/mol. The Hall–Kier alpha value is -0.340. The van der Waals surface area contributed by atoms with E-state index in [1.807, 2.05) is 13.8 Å². The number of esters is 1. The van der Waals surface area contributed by atoms with Crippen LogP contribution in [0.2, 0.25) is 0 Å². The van der Waals surface area contributed by atoms with Crippen LogP contribution in [0.5, 0.6) is 0 Å². The normalized spacial score (nSPS) is 10.8. The fraction of sp³-hybridized carbons (Fsp3) is 0.800. The van der Waals surface area contributed by atoms with E-state index in [-0.39, 0.29) is 5.97 Å². The molecule has 0 aromatic carbocycles. The predicted molar refractivity (Wildman–Crippen MR) is 65.9 cm³/mol. The number of ether oxygens (including phenoxy) is 1. The second-order valence-corrected chi connectivity index (χ2v) is 6.19. The van der Waals surface area contributed by atoms with Crippen molar-refractivity contribution in [3.8, 4) is 6.07 Å². The molecule has 0 rings (SSSR count). The highest BCUT2D eigenvalue weighted by Crippen LogP contribution is 2.40. The number of methoxy groups -OCH3 is 1. The maximum Gasteiger partial charge on any atom is 0.305 e. The summed E-state index contributed by atoms with van der Waals surface area (Å²) in [5.74, 6) is 1.51. The Bertz CT molecular complexity index is 232.